The summed E-state index contributed by atoms with van der Waals surface area (Å²) in [5.41, 5.74) is 0. The zero-order valence-corrected chi connectivity index (χ0v) is 17.7. The quantitative estimate of drug-likeness (QED) is 0.705. The summed E-state index contributed by atoms with van der Waals surface area (Å²) < 4.78 is 27.1. The smallest absolute Gasteiger partial charge is 0.243 e. The van der Waals surface area contributed by atoms with Crippen molar-refractivity contribution in [2.75, 3.05) is 39.3 Å². The first-order valence-electron chi connectivity index (χ1n) is 10.5. The second-order valence-corrected chi connectivity index (χ2v) is 10.1. The van der Waals surface area contributed by atoms with Crippen LogP contribution in [-0.4, -0.2) is 62.8 Å². The highest BCUT2D eigenvalue weighted by atomic mass is 32.2. The lowest BCUT2D eigenvalue weighted by molar-refractivity contribution is -0.126. The molecule has 6 nitrogen and oxygen atoms in total. The van der Waals surface area contributed by atoms with Gasteiger partial charge in [0.1, 0.15) is 0 Å². The summed E-state index contributed by atoms with van der Waals surface area (Å²) >= 11 is 0. The highest BCUT2D eigenvalue weighted by molar-refractivity contribution is 7.89. The monoisotopic (exact) mass is 407 g/mol. The van der Waals surface area contributed by atoms with Crippen molar-refractivity contribution in [3.8, 4) is 0 Å². The number of carbonyl (C=O) groups is 1. The Kier molecular flexibility index (Phi) is 7.48. The minimum Gasteiger partial charge on any atom is -0.356 e. The van der Waals surface area contributed by atoms with Gasteiger partial charge >= 0.3 is 0 Å². The van der Waals surface area contributed by atoms with E-state index in [4.69, 9.17) is 0 Å². The normalized spacial score (nSPS) is 24.8. The van der Waals surface area contributed by atoms with Crippen molar-refractivity contribution in [2.24, 2.45) is 11.8 Å². The number of rotatable bonds is 7. The highest BCUT2D eigenvalue weighted by Crippen LogP contribution is 2.23. The maximum atomic E-state index is 12.8. The van der Waals surface area contributed by atoms with Gasteiger partial charge in [-0.1, -0.05) is 25.1 Å². The number of amides is 1. The minimum atomic E-state index is -3.53. The van der Waals surface area contributed by atoms with Crippen molar-refractivity contribution in [3.05, 3.63) is 30.3 Å². The molecule has 0 unspecified atom stereocenters. The summed E-state index contributed by atoms with van der Waals surface area (Å²) in [7, 11) is -3.53. The molecule has 28 heavy (non-hydrogen) atoms. The molecule has 7 heteroatoms. The number of likely N-dealkylation sites (tertiary alicyclic amines) is 1. The van der Waals surface area contributed by atoms with Crippen molar-refractivity contribution in [1.29, 1.82) is 0 Å². The van der Waals surface area contributed by atoms with Gasteiger partial charge in [0.25, 0.3) is 0 Å². The van der Waals surface area contributed by atoms with Gasteiger partial charge in [0.15, 0.2) is 0 Å². The third kappa shape index (κ3) is 5.55. The van der Waals surface area contributed by atoms with Crippen LogP contribution in [0.2, 0.25) is 0 Å². The molecule has 156 valence electrons. The lowest BCUT2D eigenvalue weighted by Crippen LogP contribution is -2.45. The minimum absolute atomic E-state index is 0.0139. The van der Waals surface area contributed by atoms with E-state index in [0.29, 0.717) is 18.0 Å². The van der Waals surface area contributed by atoms with Crippen LogP contribution in [0.4, 0.5) is 0 Å². The summed E-state index contributed by atoms with van der Waals surface area (Å²) in [5.74, 6) is 0.491. The fourth-order valence-corrected chi connectivity index (χ4v) is 5.81. The number of nitrogens with zero attached hydrogens (tertiary/aromatic N) is 2. The number of carbonyl (C=O) groups excluding carboxylic acids is 1. The van der Waals surface area contributed by atoms with Crippen molar-refractivity contribution in [2.45, 2.75) is 43.9 Å². The molecule has 1 amide bonds. The van der Waals surface area contributed by atoms with Gasteiger partial charge in [0.2, 0.25) is 15.9 Å². The van der Waals surface area contributed by atoms with E-state index in [9.17, 15) is 13.2 Å². The zero-order valence-electron chi connectivity index (χ0n) is 16.8. The van der Waals surface area contributed by atoms with E-state index < -0.39 is 10.0 Å². The molecule has 1 N–H and O–H groups in total. The molecule has 2 aliphatic heterocycles. The fraction of sp³-hybridized carbons (Fsp3) is 0.667. The molecule has 0 aromatic heterocycles. The number of benzene rings is 1. The SMILES string of the molecule is C[C@@H]1CCCN(CCCNC(=O)[C@@H]2CCCN(S(=O)(=O)c3ccccc3)C2)C1. The highest BCUT2D eigenvalue weighted by Gasteiger charge is 2.33. The van der Waals surface area contributed by atoms with Crippen LogP contribution in [0.3, 0.4) is 0 Å². The van der Waals surface area contributed by atoms with Gasteiger partial charge in [-0.25, -0.2) is 8.42 Å². The van der Waals surface area contributed by atoms with Crippen LogP contribution in [0.1, 0.15) is 39.0 Å². The number of hydrogen-bond acceptors (Lipinski definition) is 4. The van der Waals surface area contributed by atoms with E-state index in [1.54, 1.807) is 30.3 Å². The Labute approximate surface area is 169 Å². The fourth-order valence-electron chi connectivity index (χ4n) is 4.26. The maximum absolute atomic E-state index is 12.8. The van der Waals surface area contributed by atoms with Crippen LogP contribution in [0.25, 0.3) is 0 Å². The molecule has 2 aliphatic rings. The molecule has 1 aromatic carbocycles. The molecule has 0 radical (unpaired) electrons. The van der Waals surface area contributed by atoms with Crippen LogP contribution in [0.5, 0.6) is 0 Å². The van der Waals surface area contributed by atoms with Gasteiger partial charge in [-0.2, -0.15) is 4.31 Å². The summed E-state index contributed by atoms with van der Waals surface area (Å²) in [4.78, 5) is 15.3. The number of piperidine rings is 2. The average Bonchev–Trinajstić information content (AvgIpc) is 2.72. The molecular formula is C21H33N3O3S. The standard InChI is InChI=1S/C21H33N3O3S/c1-18-8-5-13-23(16-18)14-7-12-22-21(25)19-9-6-15-24(17-19)28(26,27)20-10-3-2-4-11-20/h2-4,10-11,18-19H,5-9,12-17H2,1H3,(H,22,25)/t18-,19-/m1/s1. The third-order valence-corrected chi connectivity index (χ3v) is 7.71. The Morgan fingerprint density at radius 3 is 2.61 bits per heavy atom. The average molecular weight is 408 g/mol. The summed E-state index contributed by atoms with van der Waals surface area (Å²) in [6, 6.07) is 8.48. The van der Waals surface area contributed by atoms with Crippen molar-refractivity contribution >= 4 is 15.9 Å². The molecule has 0 bridgehead atoms. The van der Waals surface area contributed by atoms with Crippen molar-refractivity contribution in [1.82, 2.24) is 14.5 Å². The molecule has 2 fully saturated rings. The van der Waals surface area contributed by atoms with Crippen LogP contribution < -0.4 is 5.32 Å². The first-order chi connectivity index (χ1) is 13.5. The second-order valence-electron chi connectivity index (χ2n) is 8.21. The van der Waals surface area contributed by atoms with Gasteiger partial charge in [-0.15, -0.1) is 0 Å². The predicted octanol–water partition coefficient (Wildman–Crippen LogP) is 2.33. The third-order valence-electron chi connectivity index (χ3n) is 5.83. The largest absolute Gasteiger partial charge is 0.356 e. The summed E-state index contributed by atoms with van der Waals surface area (Å²) in [6.45, 7) is 7.04. The number of sulfonamides is 1. The van der Waals surface area contributed by atoms with E-state index in [0.717, 1.165) is 44.8 Å². The first kappa shape index (κ1) is 21.3. The van der Waals surface area contributed by atoms with Gasteiger partial charge < -0.3 is 10.2 Å². The first-order valence-corrected chi connectivity index (χ1v) is 12.0. The Morgan fingerprint density at radius 1 is 1.11 bits per heavy atom. The van der Waals surface area contributed by atoms with Crippen LogP contribution in [0, 0.1) is 11.8 Å². The van der Waals surface area contributed by atoms with Crippen LogP contribution >= 0.6 is 0 Å². The summed E-state index contributed by atoms with van der Waals surface area (Å²) in [6.07, 6.45) is 4.99. The van der Waals surface area contributed by atoms with E-state index in [-0.39, 0.29) is 18.4 Å². The zero-order chi connectivity index (χ0) is 20.0. The van der Waals surface area contributed by atoms with E-state index in [1.165, 1.54) is 17.1 Å². The Morgan fingerprint density at radius 2 is 1.86 bits per heavy atom. The van der Waals surface area contributed by atoms with Gasteiger partial charge in [0.05, 0.1) is 10.8 Å². The van der Waals surface area contributed by atoms with Crippen molar-refractivity contribution in [3.63, 3.8) is 0 Å². The van der Waals surface area contributed by atoms with Gasteiger partial charge in [-0.3, -0.25) is 4.79 Å². The number of hydrogen-bond donors (Lipinski definition) is 1. The van der Waals surface area contributed by atoms with E-state index in [1.807, 2.05) is 0 Å². The molecule has 2 atom stereocenters. The van der Waals surface area contributed by atoms with Crippen LogP contribution in [0.15, 0.2) is 35.2 Å². The Balaban J connectivity index is 1.45. The molecule has 0 saturated carbocycles. The summed E-state index contributed by atoms with van der Waals surface area (Å²) in [5, 5.41) is 3.03. The molecule has 1 aromatic rings. The van der Waals surface area contributed by atoms with Gasteiger partial charge in [0, 0.05) is 26.2 Å². The lowest BCUT2D eigenvalue weighted by atomic mass is 9.99. The molecular weight excluding hydrogens is 374 g/mol. The Bertz CT molecular complexity index is 739. The second kappa shape index (κ2) is 9.85. The molecule has 0 aliphatic carbocycles. The van der Waals surface area contributed by atoms with Crippen molar-refractivity contribution < 1.29 is 13.2 Å². The molecule has 0 spiro atoms. The molecule has 2 heterocycles. The Hall–Kier alpha value is -1.44. The topological polar surface area (TPSA) is 69.7 Å². The van der Waals surface area contributed by atoms with Gasteiger partial charge in [-0.05, 0) is 63.2 Å². The van der Waals surface area contributed by atoms with Crippen LogP contribution in [-0.2, 0) is 14.8 Å². The molecule has 3 rings (SSSR count). The van der Waals surface area contributed by atoms with E-state index >= 15 is 0 Å². The van der Waals surface area contributed by atoms with E-state index in [2.05, 4.69) is 17.1 Å². The lowest BCUT2D eigenvalue weighted by Gasteiger charge is -2.32. The molecule has 2 saturated heterocycles. The maximum Gasteiger partial charge on any atom is 0.243 e. The predicted molar refractivity (Wildman–Crippen MR) is 110 cm³/mol. The number of nitrogens with one attached hydrogen (secondary N) is 1.